The van der Waals surface area contributed by atoms with Crippen LogP contribution in [0.2, 0.25) is 0 Å². The van der Waals surface area contributed by atoms with Crippen molar-refractivity contribution >= 4 is 29.9 Å². The smallest absolute Gasteiger partial charge is 0.192 e. The summed E-state index contributed by atoms with van der Waals surface area (Å²) in [5, 5.41) is 16.5. The molecule has 0 radical (unpaired) electrons. The third-order valence-corrected chi connectivity index (χ3v) is 5.72. The summed E-state index contributed by atoms with van der Waals surface area (Å²) in [5.74, 6) is 2.09. The van der Waals surface area contributed by atoms with Gasteiger partial charge in [-0.15, -0.1) is 24.0 Å². The number of fused-ring (bicyclic) bond motifs is 1. The Hall–Kier alpha value is -1.96. The van der Waals surface area contributed by atoms with Crippen LogP contribution in [0.3, 0.4) is 0 Å². The number of nitrogens with one attached hydrogen (secondary N) is 2. The molecule has 0 amide bonds. The van der Waals surface area contributed by atoms with Crippen LogP contribution in [0.5, 0.6) is 11.5 Å². The van der Waals surface area contributed by atoms with Gasteiger partial charge in [0.2, 0.25) is 0 Å². The predicted molar refractivity (Wildman–Crippen MR) is 127 cm³/mol. The average molecular weight is 507 g/mol. The van der Waals surface area contributed by atoms with Gasteiger partial charge < -0.3 is 20.5 Å². The van der Waals surface area contributed by atoms with Gasteiger partial charge in [-0.3, -0.25) is 0 Å². The second-order valence-electron chi connectivity index (χ2n) is 7.79. The first-order chi connectivity index (χ1) is 13.7. The van der Waals surface area contributed by atoms with E-state index in [0.29, 0.717) is 6.54 Å². The zero-order valence-electron chi connectivity index (χ0n) is 16.9. The lowest BCUT2D eigenvalue weighted by molar-refractivity contribution is 0.0396. The van der Waals surface area contributed by atoms with Crippen molar-refractivity contribution < 1.29 is 9.84 Å². The van der Waals surface area contributed by atoms with Crippen molar-refractivity contribution in [2.24, 2.45) is 4.99 Å². The maximum absolute atomic E-state index is 9.46. The van der Waals surface area contributed by atoms with Gasteiger partial charge in [-0.1, -0.05) is 30.3 Å². The van der Waals surface area contributed by atoms with Crippen molar-refractivity contribution in [2.45, 2.75) is 57.2 Å². The van der Waals surface area contributed by atoms with Gasteiger partial charge in [0, 0.05) is 18.5 Å². The SMILES string of the molecule is CCNC(=NCc1ccc(O)cc1)NC1CC2(CCCC2)Oc2ccccc21.I. The van der Waals surface area contributed by atoms with Crippen molar-refractivity contribution in [3.8, 4) is 11.5 Å². The number of halogens is 1. The number of phenols is 1. The molecule has 1 unspecified atom stereocenters. The third-order valence-electron chi connectivity index (χ3n) is 5.72. The highest BCUT2D eigenvalue weighted by molar-refractivity contribution is 14.0. The van der Waals surface area contributed by atoms with Gasteiger partial charge in [0.1, 0.15) is 17.1 Å². The van der Waals surface area contributed by atoms with Crippen molar-refractivity contribution in [3.63, 3.8) is 0 Å². The number of benzene rings is 2. The quantitative estimate of drug-likeness (QED) is 0.313. The zero-order valence-corrected chi connectivity index (χ0v) is 19.2. The molecular formula is C23H30IN3O2. The van der Waals surface area contributed by atoms with E-state index in [1.165, 1.54) is 18.4 Å². The molecule has 1 aliphatic heterocycles. The summed E-state index contributed by atoms with van der Waals surface area (Å²) in [6, 6.07) is 15.7. The third kappa shape index (κ3) is 5.15. The van der Waals surface area contributed by atoms with Crippen LogP contribution in [0.4, 0.5) is 0 Å². The molecule has 0 aromatic heterocycles. The van der Waals surface area contributed by atoms with E-state index in [0.717, 1.165) is 43.1 Å². The molecule has 1 aliphatic carbocycles. The fourth-order valence-corrected chi connectivity index (χ4v) is 4.33. The van der Waals surface area contributed by atoms with Gasteiger partial charge in [-0.2, -0.15) is 0 Å². The normalized spacial score (nSPS) is 19.8. The average Bonchev–Trinajstić information content (AvgIpc) is 3.15. The molecule has 156 valence electrons. The second kappa shape index (κ2) is 9.69. The van der Waals surface area contributed by atoms with Gasteiger partial charge >= 0.3 is 0 Å². The first-order valence-corrected chi connectivity index (χ1v) is 10.3. The summed E-state index contributed by atoms with van der Waals surface area (Å²) in [5.41, 5.74) is 2.23. The number of para-hydroxylation sites is 1. The summed E-state index contributed by atoms with van der Waals surface area (Å²) in [4.78, 5) is 4.77. The van der Waals surface area contributed by atoms with Gasteiger partial charge in [0.25, 0.3) is 0 Å². The standard InChI is InChI=1S/C23H29N3O2.HI/c1-2-24-22(25-16-17-9-11-18(27)12-10-17)26-20-15-23(13-5-6-14-23)28-21-8-4-3-7-19(20)21;/h3-4,7-12,20,27H,2,5-6,13-16H2,1H3,(H2,24,25,26);1H. The van der Waals surface area contributed by atoms with Crippen LogP contribution >= 0.6 is 24.0 Å². The molecule has 1 spiro atoms. The Bertz CT molecular complexity index is 832. The minimum Gasteiger partial charge on any atom is -0.508 e. The number of rotatable bonds is 4. The summed E-state index contributed by atoms with van der Waals surface area (Å²) in [7, 11) is 0. The molecule has 2 aromatic rings. The Balaban J connectivity index is 0.00000240. The lowest BCUT2D eigenvalue weighted by Gasteiger charge is -2.40. The lowest BCUT2D eigenvalue weighted by atomic mass is 9.86. The molecular weight excluding hydrogens is 477 g/mol. The molecule has 5 nitrogen and oxygen atoms in total. The van der Waals surface area contributed by atoms with Crippen LogP contribution in [-0.4, -0.2) is 23.2 Å². The minimum atomic E-state index is -0.0414. The molecule has 2 aliphatic rings. The van der Waals surface area contributed by atoms with E-state index in [1.807, 2.05) is 18.2 Å². The molecule has 1 fully saturated rings. The van der Waals surface area contributed by atoms with Crippen LogP contribution in [0, 0.1) is 0 Å². The van der Waals surface area contributed by atoms with Crippen LogP contribution in [-0.2, 0) is 6.54 Å². The van der Waals surface area contributed by atoms with E-state index in [2.05, 4.69) is 35.8 Å². The van der Waals surface area contributed by atoms with Gasteiger partial charge in [-0.25, -0.2) is 4.99 Å². The second-order valence-corrected chi connectivity index (χ2v) is 7.79. The lowest BCUT2D eigenvalue weighted by Crippen LogP contribution is -2.46. The summed E-state index contributed by atoms with van der Waals surface area (Å²) in [6.07, 6.45) is 5.70. The van der Waals surface area contributed by atoms with Crippen molar-refractivity contribution in [3.05, 3.63) is 59.7 Å². The molecule has 0 saturated heterocycles. The summed E-state index contributed by atoms with van der Waals surface area (Å²) < 4.78 is 6.47. The number of ether oxygens (including phenoxy) is 1. The van der Waals surface area contributed by atoms with E-state index in [4.69, 9.17) is 9.73 Å². The number of hydrogen-bond acceptors (Lipinski definition) is 3. The van der Waals surface area contributed by atoms with E-state index >= 15 is 0 Å². The van der Waals surface area contributed by atoms with Crippen LogP contribution in [0.25, 0.3) is 0 Å². The molecule has 0 bridgehead atoms. The topological polar surface area (TPSA) is 65.9 Å². The number of aromatic hydroxyl groups is 1. The number of nitrogens with zero attached hydrogens (tertiary/aromatic N) is 1. The Morgan fingerprint density at radius 1 is 1.14 bits per heavy atom. The maximum Gasteiger partial charge on any atom is 0.192 e. The number of aliphatic imine (C=N–C) groups is 1. The molecule has 3 N–H and O–H groups in total. The van der Waals surface area contributed by atoms with Crippen molar-refractivity contribution in [1.29, 1.82) is 0 Å². The molecule has 1 saturated carbocycles. The van der Waals surface area contributed by atoms with E-state index < -0.39 is 0 Å². The molecule has 1 heterocycles. The van der Waals surface area contributed by atoms with Gasteiger partial charge in [0.05, 0.1) is 12.6 Å². The van der Waals surface area contributed by atoms with Crippen molar-refractivity contribution in [1.82, 2.24) is 10.6 Å². The highest BCUT2D eigenvalue weighted by Crippen LogP contribution is 2.46. The molecule has 6 heteroatoms. The molecule has 2 aromatic carbocycles. The largest absolute Gasteiger partial charge is 0.508 e. The number of guanidine groups is 1. The highest BCUT2D eigenvalue weighted by Gasteiger charge is 2.43. The fraction of sp³-hybridized carbons (Fsp3) is 0.435. The monoisotopic (exact) mass is 507 g/mol. The molecule has 4 rings (SSSR count). The Morgan fingerprint density at radius 2 is 1.86 bits per heavy atom. The summed E-state index contributed by atoms with van der Waals surface area (Å²) >= 11 is 0. The Labute approximate surface area is 190 Å². The predicted octanol–water partition coefficient (Wildman–Crippen LogP) is 4.90. The first kappa shape index (κ1) is 21.7. The number of phenolic OH excluding ortho intramolecular Hbond substituents is 1. The van der Waals surface area contributed by atoms with E-state index in [-0.39, 0.29) is 41.4 Å². The van der Waals surface area contributed by atoms with Crippen molar-refractivity contribution in [2.75, 3.05) is 6.54 Å². The zero-order chi connectivity index (χ0) is 19.4. The van der Waals surface area contributed by atoms with Crippen LogP contribution in [0.15, 0.2) is 53.5 Å². The van der Waals surface area contributed by atoms with Gasteiger partial charge in [-0.05, 0) is 56.4 Å². The van der Waals surface area contributed by atoms with Gasteiger partial charge in [0.15, 0.2) is 5.96 Å². The summed E-state index contributed by atoms with van der Waals surface area (Å²) in [6.45, 7) is 3.44. The maximum atomic E-state index is 9.46. The number of hydrogen-bond donors (Lipinski definition) is 3. The van der Waals surface area contributed by atoms with E-state index in [1.54, 1.807) is 12.1 Å². The fourth-order valence-electron chi connectivity index (χ4n) is 4.33. The molecule has 1 atom stereocenters. The first-order valence-electron chi connectivity index (χ1n) is 10.3. The highest BCUT2D eigenvalue weighted by atomic mass is 127. The molecule has 29 heavy (non-hydrogen) atoms. The van der Waals surface area contributed by atoms with Crippen LogP contribution in [0.1, 0.15) is 56.2 Å². The Kier molecular flexibility index (Phi) is 7.27. The van der Waals surface area contributed by atoms with Crippen LogP contribution < -0.4 is 15.4 Å². The minimum absolute atomic E-state index is 0. The van der Waals surface area contributed by atoms with E-state index in [9.17, 15) is 5.11 Å². The Morgan fingerprint density at radius 3 is 2.59 bits per heavy atom.